The van der Waals surface area contributed by atoms with Crippen molar-refractivity contribution in [2.75, 3.05) is 0 Å². The second-order valence-corrected chi connectivity index (χ2v) is 5.72. The highest BCUT2D eigenvalue weighted by Gasteiger charge is 2.17. The number of rotatable bonds is 5. The van der Waals surface area contributed by atoms with Gasteiger partial charge in [0.1, 0.15) is 5.76 Å². The van der Waals surface area contributed by atoms with Gasteiger partial charge in [-0.3, -0.25) is 4.79 Å². The van der Waals surface area contributed by atoms with E-state index in [0.29, 0.717) is 22.8 Å². The van der Waals surface area contributed by atoms with Crippen molar-refractivity contribution in [2.45, 2.75) is 0 Å². The van der Waals surface area contributed by atoms with Crippen LogP contribution in [0, 0.1) is 0 Å². The highest BCUT2D eigenvalue weighted by atomic mass is 16.5. The van der Waals surface area contributed by atoms with Gasteiger partial charge in [-0.05, 0) is 23.8 Å². The summed E-state index contributed by atoms with van der Waals surface area (Å²) >= 11 is 0. The van der Waals surface area contributed by atoms with E-state index in [9.17, 15) is 4.79 Å². The monoisotopic (exact) mass is 341 g/mol. The van der Waals surface area contributed by atoms with Crippen molar-refractivity contribution >= 4 is 17.9 Å². The van der Waals surface area contributed by atoms with Gasteiger partial charge < -0.3 is 8.94 Å². The van der Waals surface area contributed by atoms with Crippen LogP contribution in [0.15, 0.2) is 87.8 Å². The van der Waals surface area contributed by atoms with E-state index >= 15 is 0 Å². The van der Waals surface area contributed by atoms with Gasteiger partial charge in [0.25, 0.3) is 0 Å². The number of nitrogens with zero attached hydrogens (tertiary/aromatic N) is 1. The van der Waals surface area contributed by atoms with Gasteiger partial charge in [0.05, 0.1) is 0 Å². The molecule has 2 aromatic heterocycles. The summed E-state index contributed by atoms with van der Waals surface area (Å²) in [7, 11) is 0. The number of carbonyl (C=O) groups excluding carboxylic acids is 1. The molecule has 0 amide bonds. The molecule has 2 heterocycles. The molecule has 4 nitrogen and oxygen atoms in total. The number of benzene rings is 2. The van der Waals surface area contributed by atoms with Crippen LogP contribution in [0.2, 0.25) is 0 Å². The number of hydrogen-bond donors (Lipinski definition) is 0. The van der Waals surface area contributed by atoms with Gasteiger partial charge in [-0.2, -0.15) is 0 Å². The molecule has 26 heavy (non-hydrogen) atoms. The normalized spacial score (nSPS) is 11.1. The summed E-state index contributed by atoms with van der Waals surface area (Å²) < 4.78 is 11.0. The van der Waals surface area contributed by atoms with Crippen molar-refractivity contribution < 1.29 is 13.7 Å². The number of aromatic nitrogens is 1. The van der Waals surface area contributed by atoms with E-state index in [1.165, 1.54) is 0 Å². The van der Waals surface area contributed by atoms with Gasteiger partial charge in [-0.15, -0.1) is 0 Å². The van der Waals surface area contributed by atoms with E-state index < -0.39 is 0 Å². The molecule has 0 atom stereocenters. The smallest absolute Gasteiger partial charge is 0.214 e. The number of hydrogen-bond acceptors (Lipinski definition) is 4. The first-order valence-electron chi connectivity index (χ1n) is 8.19. The molecular formula is C22H15NO3. The minimum atomic E-state index is -0.184. The van der Waals surface area contributed by atoms with Gasteiger partial charge in [0.2, 0.25) is 11.5 Å². The maximum absolute atomic E-state index is 12.4. The fraction of sp³-hybridized carbons (Fsp3) is 0. The van der Waals surface area contributed by atoms with Crippen LogP contribution in [-0.4, -0.2) is 10.9 Å². The summed E-state index contributed by atoms with van der Waals surface area (Å²) in [5.74, 6) is 1.45. The van der Waals surface area contributed by atoms with Crippen molar-refractivity contribution in [1.82, 2.24) is 5.16 Å². The molecule has 2 aromatic carbocycles. The zero-order valence-electron chi connectivity index (χ0n) is 13.8. The van der Waals surface area contributed by atoms with Crippen LogP contribution in [0.5, 0.6) is 0 Å². The van der Waals surface area contributed by atoms with Crippen LogP contribution in [0.4, 0.5) is 0 Å². The van der Waals surface area contributed by atoms with Crippen molar-refractivity contribution in [3.63, 3.8) is 0 Å². The first-order valence-corrected chi connectivity index (χ1v) is 8.19. The number of ketones is 1. The van der Waals surface area contributed by atoms with Gasteiger partial charge >= 0.3 is 0 Å². The predicted molar refractivity (Wildman–Crippen MR) is 99.4 cm³/mol. The molecule has 4 rings (SSSR count). The highest BCUT2D eigenvalue weighted by molar-refractivity contribution is 6.07. The lowest BCUT2D eigenvalue weighted by Gasteiger charge is -1.94. The Hall–Kier alpha value is -3.66. The Morgan fingerprint density at radius 3 is 2.31 bits per heavy atom. The van der Waals surface area contributed by atoms with E-state index in [1.54, 1.807) is 24.3 Å². The first-order chi connectivity index (χ1) is 12.8. The summed E-state index contributed by atoms with van der Waals surface area (Å²) in [6, 6.07) is 24.2. The molecular weight excluding hydrogens is 326 g/mol. The Bertz CT molecular complexity index is 1040. The predicted octanol–water partition coefficient (Wildman–Crippen LogP) is 5.34. The lowest BCUT2D eigenvalue weighted by molar-refractivity contribution is 0.103. The summed E-state index contributed by atoms with van der Waals surface area (Å²) in [6.45, 7) is 0. The van der Waals surface area contributed by atoms with Crippen LogP contribution < -0.4 is 0 Å². The topological polar surface area (TPSA) is 56.2 Å². The lowest BCUT2D eigenvalue weighted by atomic mass is 10.1. The molecule has 0 saturated carbocycles. The summed E-state index contributed by atoms with van der Waals surface area (Å²) in [5.41, 5.74) is 1.91. The van der Waals surface area contributed by atoms with Crippen LogP contribution in [0.25, 0.3) is 23.7 Å². The van der Waals surface area contributed by atoms with Gasteiger partial charge in [-0.1, -0.05) is 71.9 Å². The van der Waals surface area contributed by atoms with Crippen molar-refractivity contribution in [3.05, 3.63) is 101 Å². The molecule has 0 unspecified atom stereocenters. The zero-order chi connectivity index (χ0) is 17.8. The fourth-order valence-electron chi connectivity index (χ4n) is 2.55. The van der Waals surface area contributed by atoms with E-state index in [2.05, 4.69) is 5.16 Å². The van der Waals surface area contributed by atoms with Crippen molar-refractivity contribution in [2.24, 2.45) is 0 Å². The Morgan fingerprint density at radius 2 is 1.54 bits per heavy atom. The molecule has 0 aliphatic heterocycles. The summed E-state index contributed by atoms with van der Waals surface area (Å²) in [5, 5.41) is 3.87. The second-order valence-electron chi connectivity index (χ2n) is 5.72. The average Bonchev–Trinajstić information content (AvgIpc) is 3.37. The Kier molecular flexibility index (Phi) is 4.31. The molecule has 0 fully saturated rings. The molecule has 126 valence electrons. The molecule has 4 aromatic rings. The average molecular weight is 341 g/mol. The molecule has 0 aliphatic carbocycles. The lowest BCUT2D eigenvalue weighted by Crippen LogP contribution is -2.00. The van der Waals surface area contributed by atoms with Gasteiger partial charge in [0.15, 0.2) is 11.5 Å². The largest absolute Gasteiger partial charge is 0.453 e. The van der Waals surface area contributed by atoms with Gasteiger partial charge in [-0.25, -0.2) is 0 Å². The minimum Gasteiger partial charge on any atom is -0.453 e. The Labute approximate surface area is 150 Å². The van der Waals surface area contributed by atoms with Crippen LogP contribution >= 0.6 is 0 Å². The third kappa shape index (κ3) is 3.39. The maximum Gasteiger partial charge on any atom is 0.214 e. The molecule has 4 heteroatoms. The highest BCUT2D eigenvalue weighted by Crippen LogP contribution is 2.25. The summed E-state index contributed by atoms with van der Waals surface area (Å²) in [4.78, 5) is 12.4. The number of carbonyl (C=O) groups is 1. The van der Waals surface area contributed by atoms with E-state index in [4.69, 9.17) is 8.94 Å². The van der Waals surface area contributed by atoms with Crippen molar-refractivity contribution in [3.8, 4) is 11.5 Å². The number of furan rings is 1. The molecule has 0 radical (unpaired) electrons. The summed E-state index contributed by atoms with van der Waals surface area (Å²) in [6.07, 6.45) is 3.85. The molecule has 0 bridgehead atoms. The van der Waals surface area contributed by atoms with Crippen molar-refractivity contribution in [1.29, 1.82) is 0 Å². The Balaban J connectivity index is 1.53. The van der Waals surface area contributed by atoms with Gasteiger partial charge in [0, 0.05) is 11.6 Å². The van der Waals surface area contributed by atoms with Crippen LogP contribution in [0.3, 0.4) is 0 Å². The maximum atomic E-state index is 12.4. The zero-order valence-corrected chi connectivity index (χ0v) is 13.8. The SMILES string of the molecule is O=C(c1ccccc1)c1cc(-c2ccc(/C=C/c3ccccc3)o2)on1. The van der Waals surface area contributed by atoms with E-state index in [-0.39, 0.29) is 11.5 Å². The van der Waals surface area contributed by atoms with E-state index in [1.807, 2.05) is 66.7 Å². The molecule has 0 N–H and O–H groups in total. The van der Waals surface area contributed by atoms with Crippen LogP contribution in [-0.2, 0) is 0 Å². The minimum absolute atomic E-state index is 0.184. The van der Waals surface area contributed by atoms with E-state index in [0.717, 1.165) is 5.56 Å². The molecule has 0 saturated heterocycles. The Morgan fingerprint density at radius 1 is 0.808 bits per heavy atom. The molecule has 0 spiro atoms. The standard InChI is InChI=1S/C22H15NO3/c24-22(17-9-5-2-6-10-17)19-15-21(26-23-19)20-14-13-18(25-20)12-11-16-7-3-1-4-8-16/h1-15H/b12-11+. The third-order valence-corrected chi connectivity index (χ3v) is 3.89. The first kappa shape index (κ1) is 15.8. The molecule has 0 aliphatic rings. The third-order valence-electron chi connectivity index (χ3n) is 3.89. The second kappa shape index (κ2) is 7.07. The van der Waals surface area contributed by atoms with Crippen LogP contribution in [0.1, 0.15) is 27.4 Å². The fourth-order valence-corrected chi connectivity index (χ4v) is 2.55. The quantitative estimate of drug-likeness (QED) is 0.460.